The van der Waals surface area contributed by atoms with E-state index >= 15 is 0 Å². The minimum absolute atomic E-state index is 0.00264. The number of aliphatic hydroxyl groups excluding tert-OH is 1. The van der Waals surface area contributed by atoms with Crippen molar-refractivity contribution in [2.24, 2.45) is 0 Å². The van der Waals surface area contributed by atoms with Crippen molar-refractivity contribution in [1.82, 2.24) is 4.90 Å². The van der Waals surface area contributed by atoms with Crippen LogP contribution in [-0.4, -0.2) is 35.1 Å². The molecule has 0 bridgehead atoms. The summed E-state index contributed by atoms with van der Waals surface area (Å²) in [5.74, 6) is -0.149. The number of rotatable bonds is 4. The van der Waals surface area contributed by atoms with Crippen molar-refractivity contribution in [3.63, 3.8) is 0 Å². The van der Waals surface area contributed by atoms with Crippen molar-refractivity contribution < 1.29 is 9.90 Å². The zero-order valence-corrected chi connectivity index (χ0v) is 13.0. The summed E-state index contributed by atoms with van der Waals surface area (Å²) in [4.78, 5) is 14.7. The van der Waals surface area contributed by atoms with E-state index in [-0.39, 0.29) is 18.6 Å². The number of nitrogens with two attached hydrogens (primary N) is 1. The van der Waals surface area contributed by atoms with Crippen LogP contribution in [0, 0.1) is 0 Å². The number of anilines is 1. The lowest BCUT2D eigenvalue weighted by atomic mass is 10.2. The maximum absolute atomic E-state index is 12.6. The van der Waals surface area contributed by atoms with Crippen LogP contribution >= 0.6 is 22.9 Å². The van der Waals surface area contributed by atoms with Gasteiger partial charge >= 0.3 is 0 Å². The van der Waals surface area contributed by atoms with E-state index in [1.165, 1.54) is 11.3 Å². The lowest BCUT2D eigenvalue weighted by Crippen LogP contribution is -2.38. The highest BCUT2D eigenvalue weighted by molar-refractivity contribution is 7.21. The fraction of sp³-hybridized carbons (Fsp3) is 0.357. The standard InChI is InChI=1S/C14H17ClN2O2S/c1-8(2)17(5-6-18)14(19)13-12(16)10-4-3-9(15)7-11(10)20-13/h3-4,7-8,18H,5-6,16H2,1-2H3. The second kappa shape index (κ2) is 5.99. The average molecular weight is 313 g/mol. The first kappa shape index (κ1) is 15.1. The molecule has 0 radical (unpaired) electrons. The molecule has 4 nitrogen and oxygen atoms in total. The number of halogens is 1. The lowest BCUT2D eigenvalue weighted by Gasteiger charge is -2.25. The number of amides is 1. The summed E-state index contributed by atoms with van der Waals surface area (Å²) in [5, 5.41) is 10.5. The monoisotopic (exact) mass is 312 g/mol. The molecule has 2 aromatic rings. The van der Waals surface area contributed by atoms with Gasteiger partial charge in [0.1, 0.15) is 4.88 Å². The number of carbonyl (C=O) groups excluding carboxylic acids is 1. The van der Waals surface area contributed by atoms with E-state index in [0.717, 1.165) is 10.1 Å². The number of nitrogens with zero attached hydrogens (tertiary/aromatic N) is 1. The summed E-state index contributed by atoms with van der Waals surface area (Å²) in [7, 11) is 0. The Labute approximate surface area is 126 Å². The number of hydrogen-bond donors (Lipinski definition) is 2. The molecule has 1 aromatic heterocycles. The van der Waals surface area contributed by atoms with E-state index < -0.39 is 0 Å². The summed E-state index contributed by atoms with van der Waals surface area (Å²) < 4.78 is 0.894. The number of nitrogen functional groups attached to an aromatic ring is 1. The van der Waals surface area contributed by atoms with Crippen molar-refractivity contribution in [2.75, 3.05) is 18.9 Å². The van der Waals surface area contributed by atoms with Crippen LogP contribution in [0.15, 0.2) is 18.2 Å². The number of hydrogen-bond acceptors (Lipinski definition) is 4. The summed E-state index contributed by atoms with van der Waals surface area (Å²) >= 11 is 7.30. The predicted molar refractivity (Wildman–Crippen MR) is 84.5 cm³/mol. The molecule has 0 unspecified atom stereocenters. The summed E-state index contributed by atoms with van der Waals surface area (Å²) in [5.41, 5.74) is 6.56. The van der Waals surface area contributed by atoms with Gasteiger partial charge in [-0.3, -0.25) is 4.79 Å². The van der Waals surface area contributed by atoms with Crippen molar-refractivity contribution in [3.05, 3.63) is 28.1 Å². The first-order valence-electron chi connectivity index (χ1n) is 6.35. The Bertz CT molecular complexity index is 639. The number of thiophene rings is 1. The smallest absolute Gasteiger partial charge is 0.266 e. The van der Waals surface area contributed by atoms with Crippen LogP contribution in [0.3, 0.4) is 0 Å². The zero-order chi connectivity index (χ0) is 14.9. The molecular formula is C14H17ClN2O2S. The normalized spacial score (nSPS) is 11.2. The number of benzene rings is 1. The highest BCUT2D eigenvalue weighted by atomic mass is 35.5. The van der Waals surface area contributed by atoms with Gasteiger partial charge in [-0.05, 0) is 32.0 Å². The van der Waals surface area contributed by atoms with E-state index in [1.807, 2.05) is 19.9 Å². The average Bonchev–Trinajstić information content (AvgIpc) is 2.71. The second-order valence-electron chi connectivity index (χ2n) is 4.80. The Hall–Kier alpha value is -1.30. The second-order valence-corrected chi connectivity index (χ2v) is 6.29. The summed E-state index contributed by atoms with van der Waals surface area (Å²) in [6, 6.07) is 5.39. The summed E-state index contributed by atoms with van der Waals surface area (Å²) in [6.07, 6.45) is 0. The number of aliphatic hydroxyl groups is 1. The van der Waals surface area contributed by atoms with Gasteiger partial charge in [0.15, 0.2) is 0 Å². The molecule has 0 spiro atoms. The highest BCUT2D eigenvalue weighted by Crippen LogP contribution is 2.36. The molecule has 0 aliphatic rings. The number of carbonyl (C=O) groups is 1. The van der Waals surface area contributed by atoms with Gasteiger partial charge < -0.3 is 15.7 Å². The third-order valence-electron chi connectivity index (χ3n) is 3.11. The minimum Gasteiger partial charge on any atom is -0.397 e. The van der Waals surface area contributed by atoms with E-state index in [4.69, 9.17) is 22.4 Å². The van der Waals surface area contributed by atoms with Crippen LogP contribution in [0.25, 0.3) is 10.1 Å². The van der Waals surface area contributed by atoms with Crippen LogP contribution < -0.4 is 5.73 Å². The van der Waals surface area contributed by atoms with Crippen LogP contribution in [0.5, 0.6) is 0 Å². The molecule has 1 heterocycles. The van der Waals surface area contributed by atoms with E-state index in [1.54, 1.807) is 17.0 Å². The fourth-order valence-electron chi connectivity index (χ4n) is 2.08. The van der Waals surface area contributed by atoms with E-state index in [9.17, 15) is 4.79 Å². The Balaban J connectivity index is 2.46. The molecule has 0 aliphatic heterocycles. The van der Waals surface area contributed by atoms with Crippen molar-refractivity contribution in [1.29, 1.82) is 0 Å². The quantitative estimate of drug-likeness (QED) is 0.912. The Kier molecular flexibility index (Phi) is 4.52. The van der Waals surface area contributed by atoms with Gasteiger partial charge in [0.25, 0.3) is 5.91 Å². The zero-order valence-electron chi connectivity index (χ0n) is 11.4. The van der Waals surface area contributed by atoms with Gasteiger partial charge in [0, 0.05) is 27.7 Å². The van der Waals surface area contributed by atoms with Crippen LogP contribution in [0.4, 0.5) is 5.69 Å². The molecule has 3 N–H and O–H groups in total. The molecule has 6 heteroatoms. The van der Waals surface area contributed by atoms with E-state index in [2.05, 4.69) is 0 Å². The first-order chi connectivity index (χ1) is 9.45. The molecule has 1 amide bonds. The molecule has 20 heavy (non-hydrogen) atoms. The van der Waals surface area contributed by atoms with E-state index in [0.29, 0.717) is 22.1 Å². The maximum atomic E-state index is 12.6. The Morgan fingerprint density at radius 2 is 2.20 bits per heavy atom. The SMILES string of the molecule is CC(C)N(CCO)C(=O)c1sc2cc(Cl)ccc2c1N. The highest BCUT2D eigenvalue weighted by Gasteiger charge is 2.23. The maximum Gasteiger partial charge on any atom is 0.266 e. The molecule has 0 aliphatic carbocycles. The van der Waals surface area contributed by atoms with Gasteiger partial charge in [0.05, 0.1) is 12.3 Å². The van der Waals surface area contributed by atoms with Crippen molar-refractivity contribution in [2.45, 2.75) is 19.9 Å². The third kappa shape index (κ3) is 2.75. The van der Waals surface area contributed by atoms with Crippen LogP contribution in [0.1, 0.15) is 23.5 Å². The van der Waals surface area contributed by atoms with Crippen molar-refractivity contribution >= 4 is 44.6 Å². The molecule has 0 saturated carbocycles. The topological polar surface area (TPSA) is 66.6 Å². The predicted octanol–water partition coefficient (Wildman–Crippen LogP) is 2.98. The molecule has 0 saturated heterocycles. The Morgan fingerprint density at radius 3 is 2.80 bits per heavy atom. The third-order valence-corrected chi connectivity index (χ3v) is 4.50. The van der Waals surface area contributed by atoms with Gasteiger partial charge in [-0.2, -0.15) is 0 Å². The molecule has 1 aromatic carbocycles. The van der Waals surface area contributed by atoms with Crippen molar-refractivity contribution in [3.8, 4) is 0 Å². The lowest BCUT2D eigenvalue weighted by molar-refractivity contribution is 0.0671. The largest absolute Gasteiger partial charge is 0.397 e. The first-order valence-corrected chi connectivity index (χ1v) is 7.54. The molecule has 0 atom stereocenters. The minimum atomic E-state index is -0.149. The Morgan fingerprint density at radius 1 is 1.50 bits per heavy atom. The molecule has 2 rings (SSSR count). The fourth-order valence-corrected chi connectivity index (χ4v) is 3.44. The molecule has 0 fully saturated rings. The molecule has 108 valence electrons. The van der Waals surface area contributed by atoms with Crippen LogP contribution in [-0.2, 0) is 0 Å². The number of fused-ring (bicyclic) bond motifs is 1. The van der Waals surface area contributed by atoms with Crippen LogP contribution in [0.2, 0.25) is 5.02 Å². The van der Waals surface area contributed by atoms with Gasteiger partial charge in [-0.25, -0.2) is 0 Å². The summed E-state index contributed by atoms with van der Waals surface area (Å²) in [6.45, 7) is 4.05. The van der Waals surface area contributed by atoms with Gasteiger partial charge in [-0.1, -0.05) is 11.6 Å². The molecular weight excluding hydrogens is 296 g/mol. The van der Waals surface area contributed by atoms with Gasteiger partial charge in [0.2, 0.25) is 0 Å². The van der Waals surface area contributed by atoms with Gasteiger partial charge in [-0.15, -0.1) is 11.3 Å².